The zero-order chi connectivity index (χ0) is 13.3. The minimum absolute atomic E-state index is 0.185. The van der Waals surface area contributed by atoms with E-state index in [1.807, 2.05) is 0 Å². The largest absolute Gasteiger partial charge is 0.504 e. The third-order valence-corrected chi connectivity index (χ3v) is 2.44. The predicted octanol–water partition coefficient (Wildman–Crippen LogP) is 0.195. The van der Waals surface area contributed by atoms with Gasteiger partial charge >= 0.3 is 5.97 Å². The number of hydrogen-bond donors (Lipinski definition) is 2. The van der Waals surface area contributed by atoms with Crippen molar-refractivity contribution < 1.29 is 19.7 Å². The number of phenolic OH excluding ortho intramolecular Hbond substituents is 1. The number of nitrogens with zero attached hydrogens (tertiary/aromatic N) is 2. The van der Waals surface area contributed by atoms with Crippen LogP contribution in [0.1, 0.15) is 0 Å². The normalized spacial score (nSPS) is 10.5. The molecule has 0 radical (unpaired) electrons. The van der Waals surface area contributed by atoms with E-state index in [0.717, 1.165) is 4.68 Å². The Labute approximate surface area is 101 Å². The van der Waals surface area contributed by atoms with Crippen LogP contribution in [-0.2, 0) is 11.3 Å². The van der Waals surface area contributed by atoms with Crippen molar-refractivity contribution in [3.05, 3.63) is 28.7 Å². The molecule has 2 rings (SSSR count). The van der Waals surface area contributed by atoms with Gasteiger partial charge in [-0.1, -0.05) is 0 Å². The molecule has 1 aromatic heterocycles. The molecule has 0 saturated heterocycles. The van der Waals surface area contributed by atoms with Crippen LogP contribution >= 0.6 is 0 Å². The summed E-state index contributed by atoms with van der Waals surface area (Å²) in [6.45, 7) is -0.526. The van der Waals surface area contributed by atoms with Crippen molar-refractivity contribution in [1.29, 1.82) is 0 Å². The van der Waals surface area contributed by atoms with Gasteiger partial charge in [-0.3, -0.25) is 9.59 Å². The topological polar surface area (TPSA) is 102 Å². The highest BCUT2D eigenvalue weighted by atomic mass is 16.5. The number of rotatable bonds is 3. The number of methoxy groups -OCH3 is 1. The summed E-state index contributed by atoms with van der Waals surface area (Å²) in [5.41, 5.74) is -0.576. The van der Waals surface area contributed by atoms with Crippen LogP contribution in [0.15, 0.2) is 23.1 Å². The molecule has 0 aliphatic rings. The Hall–Kier alpha value is -2.57. The molecule has 0 spiro atoms. The first kappa shape index (κ1) is 11.9. The predicted molar refractivity (Wildman–Crippen MR) is 61.9 cm³/mol. The van der Waals surface area contributed by atoms with E-state index in [-0.39, 0.29) is 16.9 Å². The number of fused-ring (bicyclic) bond motifs is 1. The van der Waals surface area contributed by atoms with Gasteiger partial charge in [0.1, 0.15) is 6.54 Å². The second kappa shape index (κ2) is 4.36. The first-order valence-corrected chi connectivity index (χ1v) is 5.01. The van der Waals surface area contributed by atoms with Crippen molar-refractivity contribution >= 4 is 16.7 Å². The Morgan fingerprint density at radius 2 is 2.22 bits per heavy atom. The number of phenols is 1. The molecule has 1 aromatic carbocycles. The summed E-state index contributed by atoms with van der Waals surface area (Å²) in [5, 5.41) is 22.6. The molecule has 1 heterocycles. The van der Waals surface area contributed by atoms with Crippen LogP contribution in [0.4, 0.5) is 0 Å². The standard InChI is InChI=1S/C11H10N2O5/c1-18-9-2-6-4-12-13(5-10(15)16)11(17)7(6)3-8(9)14/h2-4,14H,5H2,1H3,(H,15,16). The summed E-state index contributed by atoms with van der Waals surface area (Å²) in [5.74, 6) is -1.13. The van der Waals surface area contributed by atoms with E-state index in [1.165, 1.54) is 25.4 Å². The minimum atomic E-state index is -1.17. The van der Waals surface area contributed by atoms with Gasteiger partial charge in [-0.25, -0.2) is 4.68 Å². The Balaban J connectivity index is 2.68. The summed E-state index contributed by atoms with van der Waals surface area (Å²) in [4.78, 5) is 22.5. The molecular weight excluding hydrogens is 240 g/mol. The Kier molecular flexibility index (Phi) is 2.88. The third-order valence-electron chi connectivity index (χ3n) is 2.44. The molecule has 0 amide bonds. The van der Waals surface area contributed by atoms with E-state index in [4.69, 9.17) is 9.84 Å². The molecule has 0 aliphatic carbocycles. The van der Waals surface area contributed by atoms with Crippen LogP contribution in [-0.4, -0.2) is 33.1 Å². The fourth-order valence-electron chi connectivity index (χ4n) is 1.60. The lowest BCUT2D eigenvalue weighted by molar-refractivity contribution is -0.137. The molecule has 0 bridgehead atoms. The van der Waals surface area contributed by atoms with Crippen LogP contribution in [0.5, 0.6) is 11.5 Å². The lowest BCUT2D eigenvalue weighted by atomic mass is 10.2. The molecule has 18 heavy (non-hydrogen) atoms. The Morgan fingerprint density at radius 1 is 1.50 bits per heavy atom. The maximum atomic E-state index is 11.9. The fraction of sp³-hybridized carbons (Fsp3) is 0.182. The van der Waals surface area contributed by atoms with Crippen molar-refractivity contribution in [2.75, 3.05) is 7.11 Å². The van der Waals surface area contributed by atoms with Crippen LogP contribution in [0.3, 0.4) is 0 Å². The molecule has 94 valence electrons. The second-order valence-corrected chi connectivity index (χ2v) is 3.61. The van der Waals surface area contributed by atoms with Crippen molar-refractivity contribution in [1.82, 2.24) is 9.78 Å². The quantitative estimate of drug-likeness (QED) is 0.806. The van der Waals surface area contributed by atoms with Crippen LogP contribution < -0.4 is 10.3 Å². The monoisotopic (exact) mass is 250 g/mol. The molecule has 7 heteroatoms. The van der Waals surface area contributed by atoms with E-state index < -0.39 is 18.1 Å². The van der Waals surface area contributed by atoms with Gasteiger partial charge in [0.2, 0.25) is 0 Å². The number of carbonyl (C=O) groups is 1. The van der Waals surface area contributed by atoms with Gasteiger partial charge in [0.05, 0.1) is 18.7 Å². The SMILES string of the molecule is COc1cc2cnn(CC(=O)O)c(=O)c2cc1O. The van der Waals surface area contributed by atoms with E-state index in [2.05, 4.69) is 5.10 Å². The number of benzene rings is 1. The second-order valence-electron chi connectivity index (χ2n) is 3.61. The molecular formula is C11H10N2O5. The molecule has 0 aliphatic heterocycles. The van der Waals surface area contributed by atoms with E-state index in [9.17, 15) is 14.7 Å². The summed E-state index contributed by atoms with van der Waals surface area (Å²) >= 11 is 0. The van der Waals surface area contributed by atoms with Gasteiger partial charge in [0.15, 0.2) is 11.5 Å². The average Bonchev–Trinajstić information content (AvgIpc) is 2.32. The molecule has 7 nitrogen and oxygen atoms in total. The summed E-state index contributed by atoms with van der Waals surface area (Å²) in [6.07, 6.45) is 1.35. The summed E-state index contributed by atoms with van der Waals surface area (Å²) < 4.78 is 5.72. The van der Waals surface area contributed by atoms with Crippen molar-refractivity contribution in [3.8, 4) is 11.5 Å². The van der Waals surface area contributed by atoms with Gasteiger partial charge in [0, 0.05) is 5.39 Å². The van der Waals surface area contributed by atoms with Gasteiger partial charge < -0.3 is 14.9 Å². The average molecular weight is 250 g/mol. The van der Waals surface area contributed by atoms with Crippen molar-refractivity contribution in [2.24, 2.45) is 0 Å². The number of carboxylic acid groups (broad SMARTS) is 1. The first-order chi connectivity index (χ1) is 8.52. The van der Waals surface area contributed by atoms with Crippen LogP contribution in [0, 0.1) is 0 Å². The zero-order valence-corrected chi connectivity index (χ0v) is 9.45. The van der Waals surface area contributed by atoms with Crippen LogP contribution in [0.2, 0.25) is 0 Å². The van der Waals surface area contributed by atoms with Gasteiger partial charge in [-0.2, -0.15) is 5.10 Å². The van der Waals surface area contributed by atoms with Gasteiger partial charge in [-0.15, -0.1) is 0 Å². The summed E-state index contributed by atoms with van der Waals surface area (Å²) in [6, 6.07) is 2.70. The highest BCUT2D eigenvalue weighted by molar-refractivity contribution is 5.84. The van der Waals surface area contributed by atoms with Gasteiger partial charge in [-0.05, 0) is 12.1 Å². The summed E-state index contributed by atoms with van der Waals surface area (Å²) in [7, 11) is 1.39. The van der Waals surface area contributed by atoms with Crippen molar-refractivity contribution in [3.63, 3.8) is 0 Å². The molecule has 2 aromatic rings. The maximum absolute atomic E-state index is 11.9. The number of aromatic nitrogens is 2. The fourth-order valence-corrected chi connectivity index (χ4v) is 1.60. The lowest BCUT2D eigenvalue weighted by Gasteiger charge is -2.06. The Bertz CT molecular complexity index is 677. The molecule has 0 saturated carbocycles. The van der Waals surface area contributed by atoms with Crippen molar-refractivity contribution in [2.45, 2.75) is 6.54 Å². The molecule has 2 N–H and O–H groups in total. The first-order valence-electron chi connectivity index (χ1n) is 5.01. The lowest BCUT2D eigenvalue weighted by Crippen LogP contribution is -2.26. The number of aromatic hydroxyl groups is 1. The number of aliphatic carboxylic acids is 1. The minimum Gasteiger partial charge on any atom is -0.504 e. The van der Waals surface area contributed by atoms with E-state index in [0.29, 0.717) is 5.39 Å². The number of carboxylic acids is 1. The number of ether oxygens (including phenoxy) is 1. The maximum Gasteiger partial charge on any atom is 0.325 e. The highest BCUT2D eigenvalue weighted by Gasteiger charge is 2.10. The van der Waals surface area contributed by atoms with Gasteiger partial charge in [0.25, 0.3) is 5.56 Å². The van der Waals surface area contributed by atoms with E-state index in [1.54, 1.807) is 0 Å². The Morgan fingerprint density at radius 3 is 2.83 bits per heavy atom. The molecule has 0 fully saturated rings. The smallest absolute Gasteiger partial charge is 0.325 e. The highest BCUT2D eigenvalue weighted by Crippen LogP contribution is 2.29. The zero-order valence-electron chi connectivity index (χ0n) is 9.45. The molecule has 0 atom stereocenters. The van der Waals surface area contributed by atoms with Crippen LogP contribution in [0.25, 0.3) is 10.8 Å². The molecule has 0 unspecified atom stereocenters. The van der Waals surface area contributed by atoms with E-state index >= 15 is 0 Å². The third kappa shape index (κ3) is 1.97. The number of hydrogen-bond acceptors (Lipinski definition) is 5.